The quantitative estimate of drug-likeness (QED) is 0.857. The summed E-state index contributed by atoms with van der Waals surface area (Å²) in [6.07, 6.45) is 8.93. The molecule has 0 radical (unpaired) electrons. The summed E-state index contributed by atoms with van der Waals surface area (Å²) >= 11 is 0. The molecule has 3 unspecified atom stereocenters. The third-order valence-corrected chi connectivity index (χ3v) is 7.20. The molecule has 1 spiro atoms. The highest BCUT2D eigenvalue weighted by Gasteiger charge is 2.67. The zero-order chi connectivity index (χ0) is 16.7. The zero-order valence-electron chi connectivity index (χ0n) is 15.3. The number of carbonyl (C=O) groups excluding carboxylic acids is 1. The number of fused-ring (bicyclic) bond motifs is 2. The summed E-state index contributed by atoms with van der Waals surface area (Å²) in [6.45, 7) is 3.90. The number of ether oxygens (including phenoxy) is 1. The summed E-state index contributed by atoms with van der Waals surface area (Å²) in [5, 5.41) is 3.41. The molecule has 2 saturated heterocycles. The number of amides is 2. The minimum absolute atomic E-state index is 0.183. The molecule has 0 aromatic heterocycles. The van der Waals surface area contributed by atoms with Crippen LogP contribution >= 0.6 is 0 Å². The predicted molar refractivity (Wildman–Crippen MR) is 93.9 cm³/mol. The van der Waals surface area contributed by atoms with Gasteiger partial charge in [0.1, 0.15) is 0 Å². The largest absolute Gasteiger partial charge is 0.377 e. The van der Waals surface area contributed by atoms with Crippen molar-refractivity contribution in [2.24, 2.45) is 17.3 Å². The van der Waals surface area contributed by atoms with Crippen LogP contribution in [0.25, 0.3) is 0 Å². The van der Waals surface area contributed by atoms with E-state index >= 15 is 0 Å². The second kappa shape index (κ2) is 6.49. The average Bonchev–Trinajstić information content (AvgIpc) is 2.94. The number of likely N-dealkylation sites (tertiary alicyclic amines) is 1. The van der Waals surface area contributed by atoms with E-state index in [0.29, 0.717) is 23.5 Å². The molecular formula is C19H33N3O2. The van der Waals surface area contributed by atoms with Crippen LogP contribution in [0.15, 0.2) is 0 Å². The van der Waals surface area contributed by atoms with Crippen LogP contribution in [-0.4, -0.2) is 68.3 Å². The molecule has 24 heavy (non-hydrogen) atoms. The summed E-state index contributed by atoms with van der Waals surface area (Å²) in [5.41, 5.74) is 0.293. The molecule has 136 valence electrons. The summed E-state index contributed by atoms with van der Waals surface area (Å²) in [4.78, 5) is 17.1. The van der Waals surface area contributed by atoms with E-state index in [2.05, 4.69) is 29.2 Å². The topological polar surface area (TPSA) is 44.8 Å². The van der Waals surface area contributed by atoms with Gasteiger partial charge in [-0.15, -0.1) is 0 Å². The van der Waals surface area contributed by atoms with E-state index in [-0.39, 0.29) is 6.03 Å². The molecule has 2 amide bonds. The van der Waals surface area contributed by atoms with Gasteiger partial charge in [-0.1, -0.05) is 6.42 Å². The summed E-state index contributed by atoms with van der Waals surface area (Å²) < 4.78 is 5.96. The van der Waals surface area contributed by atoms with Gasteiger partial charge < -0.3 is 19.9 Å². The highest BCUT2D eigenvalue weighted by molar-refractivity contribution is 5.75. The lowest BCUT2D eigenvalue weighted by Gasteiger charge is -2.63. The number of nitrogens with one attached hydrogen (secondary N) is 1. The highest BCUT2D eigenvalue weighted by Crippen LogP contribution is 2.62. The maximum atomic E-state index is 12.8. The fourth-order valence-corrected chi connectivity index (χ4v) is 5.55. The van der Waals surface area contributed by atoms with Crippen molar-refractivity contribution in [3.8, 4) is 0 Å². The Balaban J connectivity index is 1.27. The average molecular weight is 335 g/mol. The third-order valence-electron chi connectivity index (χ3n) is 7.20. The van der Waals surface area contributed by atoms with Gasteiger partial charge in [0.15, 0.2) is 0 Å². The number of urea groups is 1. The summed E-state index contributed by atoms with van der Waals surface area (Å²) in [6, 6.07) is 0.556. The van der Waals surface area contributed by atoms with Crippen LogP contribution in [0.3, 0.4) is 0 Å². The van der Waals surface area contributed by atoms with Crippen molar-refractivity contribution >= 4 is 6.03 Å². The summed E-state index contributed by atoms with van der Waals surface area (Å²) in [7, 11) is 4.27. The molecule has 2 saturated carbocycles. The van der Waals surface area contributed by atoms with Gasteiger partial charge in [0.05, 0.1) is 6.10 Å². The standard InChI is InChI=1S/C19H33N3O2/c1-21(2)10-4-14-5-11-22(12-6-14)18(23)20-16-15-7-13-24-17(15)19(16)8-3-9-19/h14-17H,3-13H2,1-2H3,(H,20,23). The first-order valence-electron chi connectivity index (χ1n) is 9.92. The van der Waals surface area contributed by atoms with Crippen LogP contribution in [0.5, 0.6) is 0 Å². The monoisotopic (exact) mass is 335 g/mol. The van der Waals surface area contributed by atoms with E-state index in [4.69, 9.17) is 4.74 Å². The lowest BCUT2D eigenvalue weighted by molar-refractivity contribution is -0.172. The first-order chi connectivity index (χ1) is 11.6. The number of carbonyl (C=O) groups is 1. The van der Waals surface area contributed by atoms with Gasteiger partial charge in [-0.2, -0.15) is 0 Å². The van der Waals surface area contributed by atoms with Crippen molar-refractivity contribution in [2.45, 2.75) is 57.1 Å². The molecule has 4 aliphatic rings. The molecule has 3 atom stereocenters. The minimum atomic E-state index is 0.183. The number of hydrogen-bond acceptors (Lipinski definition) is 3. The molecule has 2 aliphatic carbocycles. The van der Waals surface area contributed by atoms with Gasteiger partial charge in [0, 0.05) is 37.1 Å². The Hall–Kier alpha value is -0.810. The molecule has 4 rings (SSSR count). The van der Waals surface area contributed by atoms with E-state index < -0.39 is 0 Å². The van der Waals surface area contributed by atoms with Crippen LogP contribution in [0, 0.1) is 17.3 Å². The second-order valence-electron chi connectivity index (χ2n) is 8.78. The fourth-order valence-electron chi connectivity index (χ4n) is 5.55. The van der Waals surface area contributed by atoms with Crippen LogP contribution in [0.2, 0.25) is 0 Å². The van der Waals surface area contributed by atoms with Crippen molar-refractivity contribution in [3.63, 3.8) is 0 Å². The second-order valence-corrected chi connectivity index (χ2v) is 8.78. The minimum Gasteiger partial charge on any atom is -0.377 e. The molecule has 0 aromatic carbocycles. The van der Waals surface area contributed by atoms with Crippen molar-refractivity contribution in [1.29, 1.82) is 0 Å². The van der Waals surface area contributed by atoms with E-state index in [0.717, 1.165) is 51.4 Å². The maximum Gasteiger partial charge on any atom is 0.317 e. The zero-order valence-corrected chi connectivity index (χ0v) is 15.3. The van der Waals surface area contributed by atoms with Gasteiger partial charge in [-0.05, 0) is 65.1 Å². The molecule has 1 N–H and O–H groups in total. The Morgan fingerprint density at radius 1 is 1.25 bits per heavy atom. The smallest absolute Gasteiger partial charge is 0.317 e. The molecular weight excluding hydrogens is 302 g/mol. The Labute approximate surface area is 146 Å². The van der Waals surface area contributed by atoms with Crippen LogP contribution in [0.1, 0.15) is 44.9 Å². The molecule has 2 aliphatic heterocycles. The van der Waals surface area contributed by atoms with E-state index in [9.17, 15) is 4.79 Å². The molecule has 5 heteroatoms. The Bertz CT molecular complexity index is 469. The lowest BCUT2D eigenvalue weighted by Crippen LogP contribution is -2.72. The Kier molecular flexibility index (Phi) is 4.50. The van der Waals surface area contributed by atoms with Crippen molar-refractivity contribution in [3.05, 3.63) is 0 Å². The molecule has 2 heterocycles. The number of rotatable bonds is 4. The maximum absolute atomic E-state index is 12.8. The molecule has 0 aromatic rings. The van der Waals surface area contributed by atoms with E-state index in [1.807, 2.05) is 0 Å². The Morgan fingerprint density at radius 2 is 2.00 bits per heavy atom. The normalized spacial score (nSPS) is 34.8. The first kappa shape index (κ1) is 16.6. The number of nitrogens with zero attached hydrogens (tertiary/aromatic N) is 2. The van der Waals surface area contributed by atoms with Crippen LogP contribution in [-0.2, 0) is 4.74 Å². The van der Waals surface area contributed by atoms with Crippen LogP contribution in [0.4, 0.5) is 4.79 Å². The SMILES string of the molecule is CN(C)CCC1CCN(C(=O)NC2C3CCOC3C23CCC3)CC1. The van der Waals surface area contributed by atoms with Gasteiger partial charge in [-0.25, -0.2) is 4.79 Å². The van der Waals surface area contributed by atoms with Gasteiger partial charge in [0.25, 0.3) is 0 Å². The lowest BCUT2D eigenvalue weighted by atomic mass is 9.46. The van der Waals surface area contributed by atoms with Crippen LogP contribution < -0.4 is 5.32 Å². The van der Waals surface area contributed by atoms with Crippen molar-refractivity contribution in [1.82, 2.24) is 15.1 Å². The summed E-state index contributed by atoms with van der Waals surface area (Å²) in [5.74, 6) is 1.36. The number of piperidine rings is 1. The van der Waals surface area contributed by atoms with Crippen molar-refractivity contribution < 1.29 is 9.53 Å². The highest BCUT2D eigenvalue weighted by atomic mass is 16.5. The molecule has 4 fully saturated rings. The van der Waals surface area contributed by atoms with E-state index in [1.165, 1.54) is 25.7 Å². The van der Waals surface area contributed by atoms with E-state index in [1.54, 1.807) is 0 Å². The Morgan fingerprint density at radius 3 is 2.62 bits per heavy atom. The van der Waals surface area contributed by atoms with Gasteiger partial charge in [-0.3, -0.25) is 0 Å². The number of hydrogen-bond donors (Lipinski definition) is 1. The molecule has 5 nitrogen and oxygen atoms in total. The third kappa shape index (κ3) is 2.74. The first-order valence-corrected chi connectivity index (χ1v) is 9.92. The van der Waals surface area contributed by atoms with Gasteiger partial charge >= 0.3 is 6.03 Å². The fraction of sp³-hybridized carbons (Fsp3) is 0.947. The molecule has 0 bridgehead atoms. The predicted octanol–water partition coefficient (Wildman–Crippen LogP) is 2.32. The van der Waals surface area contributed by atoms with Gasteiger partial charge in [0.2, 0.25) is 0 Å². The van der Waals surface area contributed by atoms with Crippen molar-refractivity contribution in [2.75, 3.05) is 40.3 Å².